The molecule has 0 aromatic heterocycles. The molecule has 1 heterocycles. The molecule has 0 spiro atoms. The topological polar surface area (TPSA) is 150 Å². The largest absolute Gasteiger partial charge is 0.379 e. The number of carbonyl (C=O) groups is 5. The molecule has 0 radical (unpaired) electrons. The molecule has 5 amide bonds. The van der Waals surface area contributed by atoms with Crippen LogP contribution in [-0.2, 0) is 39.9 Å². The van der Waals surface area contributed by atoms with Gasteiger partial charge in [0.05, 0.1) is 42.7 Å². The third kappa shape index (κ3) is 12.2. The Bertz CT molecular complexity index is 1350. The Kier molecular flexibility index (Phi) is 19.1. The summed E-state index contributed by atoms with van der Waals surface area (Å²) >= 11 is 0. The maximum absolute atomic E-state index is 14.2. The summed E-state index contributed by atoms with van der Waals surface area (Å²) in [6.45, 7) is 14.1. The normalized spacial score (nSPS) is 19.0. The third-order valence-electron chi connectivity index (χ3n) is 11.1. The molecule has 306 valence electrons. The second-order valence-electron chi connectivity index (χ2n) is 15.8. The smallest absolute Gasteiger partial charge is 0.245 e. The van der Waals surface area contributed by atoms with Crippen LogP contribution in [0.25, 0.3) is 0 Å². The van der Waals surface area contributed by atoms with Crippen LogP contribution in [0.4, 0.5) is 0 Å². The van der Waals surface area contributed by atoms with E-state index in [9.17, 15) is 24.0 Å². The molecule has 13 nitrogen and oxygen atoms in total. The molecule has 54 heavy (non-hydrogen) atoms. The lowest BCUT2D eigenvalue weighted by molar-refractivity contribution is -0.148. The Hall–Kier alpha value is -3.55. The number of methoxy groups -OCH3 is 2. The molecule has 1 aromatic rings. The predicted molar refractivity (Wildman–Crippen MR) is 211 cm³/mol. The first-order chi connectivity index (χ1) is 25.4. The van der Waals surface area contributed by atoms with Gasteiger partial charge in [-0.2, -0.15) is 0 Å². The molecule has 1 aliphatic rings. The maximum Gasteiger partial charge on any atom is 0.245 e. The molecule has 2 unspecified atom stereocenters. The van der Waals surface area contributed by atoms with Gasteiger partial charge in [0.15, 0.2) is 0 Å². The number of hydrogen-bond acceptors (Lipinski definition) is 8. The molecular weight excluding hydrogens is 688 g/mol. The quantitative estimate of drug-likeness (QED) is 0.173. The minimum atomic E-state index is -0.779. The van der Waals surface area contributed by atoms with Crippen LogP contribution in [-0.4, -0.2) is 136 Å². The number of hydrogen-bond donors (Lipinski definition) is 3. The fraction of sp³-hybridized carbons (Fsp3) is 0.732. The van der Waals surface area contributed by atoms with Crippen LogP contribution in [0.15, 0.2) is 30.3 Å². The fourth-order valence-electron chi connectivity index (χ4n) is 7.95. The zero-order chi connectivity index (χ0) is 40.9. The van der Waals surface area contributed by atoms with Crippen molar-refractivity contribution in [1.82, 2.24) is 30.7 Å². The highest BCUT2D eigenvalue weighted by Crippen LogP contribution is 2.30. The number of amides is 5. The van der Waals surface area contributed by atoms with E-state index in [0.29, 0.717) is 19.4 Å². The summed E-state index contributed by atoms with van der Waals surface area (Å²) in [5, 5.41) is 8.60. The van der Waals surface area contributed by atoms with Gasteiger partial charge < -0.3 is 35.2 Å². The highest BCUT2D eigenvalue weighted by atomic mass is 16.5. The molecule has 0 bridgehead atoms. The number of likely N-dealkylation sites (tertiary alicyclic amines) is 1. The van der Waals surface area contributed by atoms with E-state index >= 15 is 0 Å². The number of nitrogens with one attached hydrogen (secondary N) is 3. The lowest BCUT2D eigenvalue weighted by Gasteiger charge is -2.41. The van der Waals surface area contributed by atoms with E-state index in [1.54, 1.807) is 38.0 Å². The molecule has 1 fully saturated rings. The molecule has 0 saturated carbocycles. The minimum absolute atomic E-state index is 0.0151. The molecule has 1 aromatic carbocycles. The number of likely N-dealkylation sites (N-methyl/N-ethyl adjacent to an activating group) is 3. The second-order valence-corrected chi connectivity index (χ2v) is 15.8. The first-order valence-corrected chi connectivity index (χ1v) is 19.6. The van der Waals surface area contributed by atoms with Crippen LogP contribution in [0.3, 0.4) is 0 Å². The van der Waals surface area contributed by atoms with Gasteiger partial charge in [-0.1, -0.05) is 85.2 Å². The highest BCUT2D eigenvalue weighted by molar-refractivity contribution is 5.90. The van der Waals surface area contributed by atoms with Crippen molar-refractivity contribution in [2.24, 2.45) is 23.7 Å². The van der Waals surface area contributed by atoms with Crippen molar-refractivity contribution >= 4 is 29.5 Å². The van der Waals surface area contributed by atoms with E-state index in [1.807, 2.05) is 90.9 Å². The Morgan fingerprint density at radius 1 is 0.870 bits per heavy atom. The molecule has 13 heteroatoms. The molecule has 0 aliphatic carbocycles. The van der Waals surface area contributed by atoms with E-state index in [4.69, 9.17) is 9.47 Å². The number of carbonyl (C=O) groups excluding carboxylic acids is 5. The zero-order valence-electron chi connectivity index (χ0n) is 35.2. The molecular formula is C41H70N6O7. The summed E-state index contributed by atoms with van der Waals surface area (Å²) in [4.78, 5) is 73.6. The van der Waals surface area contributed by atoms with Crippen molar-refractivity contribution < 1.29 is 33.4 Å². The van der Waals surface area contributed by atoms with Crippen LogP contribution in [0.2, 0.25) is 0 Å². The Balaban J connectivity index is 2.29. The van der Waals surface area contributed by atoms with Gasteiger partial charge >= 0.3 is 0 Å². The summed E-state index contributed by atoms with van der Waals surface area (Å²) in [5.41, 5.74) is 0.916. The summed E-state index contributed by atoms with van der Waals surface area (Å²) < 4.78 is 12.0. The van der Waals surface area contributed by atoms with Gasteiger partial charge in [-0.15, -0.1) is 0 Å². The summed E-state index contributed by atoms with van der Waals surface area (Å²) in [5.74, 6) is -2.07. The summed E-state index contributed by atoms with van der Waals surface area (Å²) in [6, 6.07) is 6.72. The fourth-order valence-corrected chi connectivity index (χ4v) is 7.95. The van der Waals surface area contributed by atoms with E-state index in [1.165, 1.54) is 7.05 Å². The van der Waals surface area contributed by atoms with Crippen molar-refractivity contribution in [3.8, 4) is 0 Å². The van der Waals surface area contributed by atoms with Crippen LogP contribution >= 0.6 is 0 Å². The molecule has 1 aliphatic heterocycles. The van der Waals surface area contributed by atoms with Gasteiger partial charge in [-0.25, -0.2) is 0 Å². The van der Waals surface area contributed by atoms with Gasteiger partial charge in [0.25, 0.3) is 0 Å². The van der Waals surface area contributed by atoms with Crippen molar-refractivity contribution in [2.45, 2.75) is 123 Å². The molecule has 3 N–H and O–H groups in total. The second kappa shape index (κ2) is 22.1. The third-order valence-corrected chi connectivity index (χ3v) is 11.1. The van der Waals surface area contributed by atoms with Crippen LogP contribution < -0.4 is 16.0 Å². The van der Waals surface area contributed by atoms with Crippen LogP contribution in [0, 0.1) is 23.7 Å². The monoisotopic (exact) mass is 759 g/mol. The van der Waals surface area contributed by atoms with Gasteiger partial charge in [-0.3, -0.25) is 28.9 Å². The van der Waals surface area contributed by atoms with Crippen LogP contribution in [0.5, 0.6) is 0 Å². The highest BCUT2D eigenvalue weighted by Gasteiger charge is 2.43. The van der Waals surface area contributed by atoms with E-state index in [2.05, 4.69) is 16.0 Å². The predicted octanol–water partition coefficient (Wildman–Crippen LogP) is 3.11. The Morgan fingerprint density at radius 3 is 2.00 bits per heavy atom. The average molecular weight is 759 g/mol. The first kappa shape index (κ1) is 46.6. The lowest BCUT2D eigenvalue weighted by atomic mass is 9.89. The van der Waals surface area contributed by atoms with Crippen molar-refractivity contribution in [1.29, 1.82) is 0 Å². The molecule has 9 atom stereocenters. The van der Waals surface area contributed by atoms with Crippen molar-refractivity contribution in [3.63, 3.8) is 0 Å². The lowest BCUT2D eigenvalue weighted by Crippen LogP contribution is -2.59. The van der Waals surface area contributed by atoms with Crippen molar-refractivity contribution in [2.75, 3.05) is 49.0 Å². The van der Waals surface area contributed by atoms with Gasteiger partial charge in [0.2, 0.25) is 29.5 Å². The summed E-state index contributed by atoms with van der Waals surface area (Å²) in [7, 11) is 10.1. The minimum Gasteiger partial charge on any atom is -0.379 e. The number of rotatable bonds is 21. The van der Waals surface area contributed by atoms with Gasteiger partial charge in [-0.05, 0) is 50.3 Å². The van der Waals surface area contributed by atoms with Gasteiger partial charge in [0.1, 0.15) is 12.1 Å². The molecule has 1 saturated heterocycles. The maximum atomic E-state index is 14.2. The zero-order valence-corrected chi connectivity index (χ0v) is 35.2. The van der Waals surface area contributed by atoms with E-state index in [0.717, 1.165) is 18.4 Å². The number of nitrogens with zero attached hydrogens (tertiary/aromatic N) is 3. The SMILES string of the molecule is CCC(C)[C@@H]([C@@H](CC(=O)N1CCC[C@H]1[C@H](OC)[C@@H](C)C(=O)NC(Cc1ccccc1)C(=O)NC)OC)N(C)C(=O)[C@@H](NC(=O)[C@H](C(C)C)N(C)C)C(C)C. The van der Waals surface area contributed by atoms with E-state index in [-0.39, 0.29) is 59.8 Å². The van der Waals surface area contributed by atoms with Gasteiger partial charge in [0, 0.05) is 41.3 Å². The summed E-state index contributed by atoms with van der Waals surface area (Å²) in [6.07, 6.45) is 1.21. The first-order valence-electron chi connectivity index (χ1n) is 19.6. The molecule has 2 rings (SSSR count). The van der Waals surface area contributed by atoms with E-state index < -0.39 is 42.3 Å². The number of benzene rings is 1. The number of ether oxygens (including phenoxy) is 2. The standard InChI is InChI=1S/C41H70N6O7/c1-14-27(6)36(46(11)41(52)34(25(2)3)44-40(51)35(26(4)5)45(9)10)32(53-12)24-33(48)47-22-18-21-31(47)37(54-13)28(7)38(49)43-30(39(50)42-8)23-29-19-16-15-17-20-29/h15-17,19-20,25-28,30-32,34-37H,14,18,21-24H2,1-13H3,(H,42,50)(H,43,49)(H,44,51)/t27?,28-,30?,31+,32-,34+,35+,36+,37-/m1/s1. The van der Waals surface area contributed by atoms with Crippen molar-refractivity contribution in [3.05, 3.63) is 35.9 Å². The Labute approximate surface area is 324 Å². The van der Waals surface area contributed by atoms with Crippen LogP contribution in [0.1, 0.15) is 79.7 Å². The Morgan fingerprint density at radius 2 is 1.50 bits per heavy atom. The average Bonchev–Trinajstić information content (AvgIpc) is 3.62.